The van der Waals surface area contributed by atoms with Gasteiger partial charge in [0.2, 0.25) is 5.28 Å². The molecule has 1 atom stereocenters. The number of ether oxygens (including phenoxy) is 1. The number of hydrogen-bond donors (Lipinski definition) is 0. The average molecular weight is 342 g/mol. The molecule has 3 heterocycles. The van der Waals surface area contributed by atoms with Gasteiger partial charge < -0.3 is 9.30 Å². The Bertz CT molecular complexity index is 897. The second-order valence-electron chi connectivity index (χ2n) is 6.46. The number of hydrogen-bond acceptors (Lipinski definition) is 3. The van der Waals surface area contributed by atoms with Crippen LogP contribution in [0.2, 0.25) is 5.28 Å². The third-order valence-corrected chi connectivity index (χ3v) is 4.84. The minimum atomic E-state index is 0.0921. The van der Waals surface area contributed by atoms with Crippen LogP contribution in [-0.4, -0.2) is 21.1 Å². The van der Waals surface area contributed by atoms with Gasteiger partial charge in [0.15, 0.2) is 0 Å². The van der Waals surface area contributed by atoms with Crippen LogP contribution in [0.5, 0.6) is 0 Å². The zero-order valence-corrected chi connectivity index (χ0v) is 14.7. The van der Waals surface area contributed by atoms with Crippen LogP contribution in [0.25, 0.3) is 22.2 Å². The third kappa shape index (κ3) is 2.70. The van der Waals surface area contributed by atoms with Crippen molar-refractivity contribution in [2.24, 2.45) is 0 Å². The Labute approximate surface area is 146 Å². The van der Waals surface area contributed by atoms with Gasteiger partial charge in [0.25, 0.3) is 0 Å². The maximum atomic E-state index is 6.04. The van der Waals surface area contributed by atoms with Crippen molar-refractivity contribution in [2.75, 3.05) is 6.61 Å². The summed E-state index contributed by atoms with van der Waals surface area (Å²) in [6.07, 6.45) is 7.41. The van der Waals surface area contributed by atoms with Crippen LogP contribution in [0, 0.1) is 13.8 Å². The second-order valence-corrected chi connectivity index (χ2v) is 6.80. The molecule has 1 aliphatic heterocycles. The van der Waals surface area contributed by atoms with Crippen LogP contribution in [-0.2, 0) is 4.74 Å². The molecule has 24 heavy (non-hydrogen) atoms. The minimum Gasteiger partial charge on any atom is -0.358 e. The van der Waals surface area contributed by atoms with Crippen LogP contribution in [0.4, 0.5) is 0 Å². The number of nitrogens with zero attached hydrogens (tertiary/aromatic N) is 3. The summed E-state index contributed by atoms with van der Waals surface area (Å²) < 4.78 is 8.28. The van der Waals surface area contributed by atoms with E-state index in [2.05, 4.69) is 45.9 Å². The molecule has 0 spiro atoms. The zero-order valence-electron chi connectivity index (χ0n) is 13.9. The summed E-state index contributed by atoms with van der Waals surface area (Å²) in [5.41, 5.74) is 5.41. The van der Waals surface area contributed by atoms with Crippen molar-refractivity contribution in [3.05, 3.63) is 47.0 Å². The topological polar surface area (TPSA) is 39.9 Å². The molecule has 1 saturated heterocycles. The first kappa shape index (κ1) is 15.6. The fourth-order valence-electron chi connectivity index (χ4n) is 3.42. The van der Waals surface area contributed by atoms with Crippen molar-refractivity contribution in [1.82, 2.24) is 14.5 Å². The Kier molecular flexibility index (Phi) is 4.02. The molecule has 0 radical (unpaired) electrons. The summed E-state index contributed by atoms with van der Waals surface area (Å²) in [6.45, 7) is 4.95. The summed E-state index contributed by atoms with van der Waals surface area (Å²) in [4.78, 5) is 8.55. The molecule has 0 saturated carbocycles. The predicted molar refractivity (Wildman–Crippen MR) is 96.3 cm³/mol. The maximum Gasteiger partial charge on any atom is 0.222 e. The van der Waals surface area contributed by atoms with E-state index in [1.54, 1.807) is 6.20 Å². The molecular weight excluding hydrogens is 322 g/mol. The van der Waals surface area contributed by atoms with Crippen molar-refractivity contribution < 1.29 is 4.74 Å². The molecule has 1 unspecified atom stereocenters. The van der Waals surface area contributed by atoms with Crippen LogP contribution >= 0.6 is 11.6 Å². The molecule has 1 fully saturated rings. The first-order chi connectivity index (χ1) is 11.6. The summed E-state index contributed by atoms with van der Waals surface area (Å²) in [5.74, 6) is 0. The predicted octanol–water partition coefficient (Wildman–Crippen LogP) is 5.07. The highest BCUT2D eigenvalue weighted by molar-refractivity contribution is 6.28. The highest BCUT2D eigenvalue weighted by Crippen LogP contribution is 2.36. The molecule has 0 bridgehead atoms. The molecule has 5 heteroatoms. The van der Waals surface area contributed by atoms with Crippen LogP contribution in [0.3, 0.4) is 0 Å². The smallest absolute Gasteiger partial charge is 0.222 e. The lowest BCUT2D eigenvalue weighted by atomic mass is 10.1. The number of fused-ring (bicyclic) bond motifs is 1. The molecule has 124 valence electrons. The number of benzene rings is 1. The molecule has 4 rings (SSSR count). The van der Waals surface area contributed by atoms with Crippen molar-refractivity contribution in [2.45, 2.75) is 39.3 Å². The molecule has 2 aromatic heterocycles. The van der Waals surface area contributed by atoms with Crippen molar-refractivity contribution in [1.29, 1.82) is 0 Å². The lowest BCUT2D eigenvalue weighted by Crippen LogP contribution is -2.17. The van der Waals surface area contributed by atoms with Gasteiger partial charge >= 0.3 is 0 Å². The number of rotatable bonds is 2. The Balaban J connectivity index is 1.94. The Morgan fingerprint density at radius 1 is 1.25 bits per heavy atom. The highest BCUT2D eigenvalue weighted by atomic mass is 35.5. The molecule has 3 aromatic rings. The average Bonchev–Trinajstić information content (AvgIpc) is 2.96. The lowest BCUT2D eigenvalue weighted by Gasteiger charge is -2.24. The van der Waals surface area contributed by atoms with E-state index in [1.807, 2.05) is 6.92 Å². The van der Waals surface area contributed by atoms with Gasteiger partial charge in [-0.2, -0.15) is 0 Å². The SMILES string of the molecule is Cc1ccc2c(-c3nc(Cl)ncc3C)cn(C3CCCCO3)c2c1. The summed E-state index contributed by atoms with van der Waals surface area (Å²) in [5, 5.41) is 1.45. The molecule has 4 nitrogen and oxygen atoms in total. The van der Waals surface area contributed by atoms with Crippen molar-refractivity contribution >= 4 is 22.5 Å². The Morgan fingerprint density at radius 3 is 2.92 bits per heavy atom. The van der Waals surface area contributed by atoms with E-state index in [4.69, 9.17) is 16.3 Å². The van der Waals surface area contributed by atoms with E-state index < -0.39 is 0 Å². The van der Waals surface area contributed by atoms with Gasteiger partial charge in [0.05, 0.1) is 11.2 Å². The van der Waals surface area contributed by atoms with Crippen LogP contribution < -0.4 is 0 Å². The molecule has 0 aliphatic carbocycles. The van der Waals surface area contributed by atoms with Gasteiger partial charge in [0, 0.05) is 30.0 Å². The van der Waals surface area contributed by atoms with Gasteiger partial charge in [-0.15, -0.1) is 0 Å². The molecule has 0 amide bonds. The molecule has 1 aliphatic rings. The Morgan fingerprint density at radius 2 is 2.12 bits per heavy atom. The standard InChI is InChI=1S/C19H20ClN3O/c1-12-6-7-14-15(18-13(2)10-21-19(20)22-18)11-23(16(14)9-12)17-5-3-4-8-24-17/h6-7,9-11,17H,3-5,8H2,1-2H3. The molecule has 1 aromatic carbocycles. The quantitative estimate of drug-likeness (QED) is 0.611. The number of aromatic nitrogens is 3. The van der Waals surface area contributed by atoms with Crippen molar-refractivity contribution in [3.63, 3.8) is 0 Å². The van der Waals surface area contributed by atoms with Crippen molar-refractivity contribution in [3.8, 4) is 11.3 Å². The molecular formula is C19H20ClN3O. The zero-order chi connectivity index (χ0) is 16.7. The van der Waals surface area contributed by atoms with Gasteiger partial charge in [-0.3, -0.25) is 0 Å². The normalized spacial score (nSPS) is 18.2. The maximum absolute atomic E-state index is 6.04. The van der Waals surface area contributed by atoms with Gasteiger partial charge in [-0.05, 0) is 61.9 Å². The van der Waals surface area contributed by atoms with E-state index in [1.165, 1.54) is 22.9 Å². The molecule has 0 N–H and O–H groups in total. The first-order valence-electron chi connectivity index (χ1n) is 8.36. The minimum absolute atomic E-state index is 0.0921. The second kappa shape index (κ2) is 6.19. The van der Waals surface area contributed by atoms with E-state index in [-0.39, 0.29) is 11.5 Å². The summed E-state index contributed by atoms with van der Waals surface area (Å²) >= 11 is 6.04. The van der Waals surface area contributed by atoms with E-state index in [0.29, 0.717) is 0 Å². The largest absolute Gasteiger partial charge is 0.358 e. The lowest BCUT2D eigenvalue weighted by molar-refractivity contribution is -0.0291. The Hall–Kier alpha value is -1.91. The van der Waals surface area contributed by atoms with Crippen LogP contribution in [0.15, 0.2) is 30.6 Å². The fourth-order valence-corrected chi connectivity index (χ4v) is 3.56. The van der Waals surface area contributed by atoms with E-state index in [9.17, 15) is 0 Å². The number of halogens is 1. The van der Waals surface area contributed by atoms with Gasteiger partial charge in [0.1, 0.15) is 6.23 Å². The first-order valence-corrected chi connectivity index (χ1v) is 8.73. The highest BCUT2D eigenvalue weighted by Gasteiger charge is 2.21. The number of aryl methyl sites for hydroxylation is 2. The van der Waals surface area contributed by atoms with Gasteiger partial charge in [-0.25, -0.2) is 9.97 Å². The summed E-state index contributed by atoms with van der Waals surface area (Å²) in [6, 6.07) is 6.51. The van der Waals surface area contributed by atoms with Crippen LogP contribution in [0.1, 0.15) is 36.6 Å². The van der Waals surface area contributed by atoms with Gasteiger partial charge in [-0.1, -0.05) is 12.1 Å². The third-order valence-electron chi connectivity index (χ3n) is 4.65. The summed E-state index contributed by atoms with van der Waals surface area (Å²) in [7, 11) is 0. The van der Waals surface area contributed by atoms with E-state index in [0.717, 1.165) is 36.3 Å². The fraction of sp³-hybridized carbons (Fsp3) is 0.368. The van der Waals surface area contributed by atoms with E-state index >= 15 is 0 Å². The monoisotopic (exact) mass is 341 g/mol.